The first-order valence-corrected chi connectivity index (χ1v) is 9.11. The minimum absolute atomic E-state index is 0.00770. The molecule has 0 amide bonds. The van der Waals surface area contributed by atoms with Crippen LogP contribution in [-0.4, -0.2) is 45.3 Å². The second-order valence-electron chi connectivity index (χ2n) is 5.99. The predicted octanol–water partition coefficient (Wildman–Crippen LogP) is 3.74. The Morgan fingerprint density at radius 2 is 1.83 bits per heavy atom. The van der Waals surface area contributed by atoms with Gasteiger partial charge in [0.15, 0.2) is 5.71 Å². The van der Waals surface area contributed by atoms with Gasteiger partial charge in [0.05, 0.1) is 13.7 Å². The number of esters is 1. The van der Waals surface area contributed by atoms with Crippen molar-refractivity contribution in [1.29, 1.82) is 0 Å². The predicted molar refractivity (Wildman–Crippen MR) is 111 cm³/mol. The molecule has 0 aliphatic rings. The highest BCUT2D eigenvalue weighted by Gasteiger charge is 2.21. The topological polar surface area (TPSA) is 78.7 Å². The molecule has 0 aliphatic carbocycles. The molecule has 2 rings (SSSR count). The summed E-state index contributed by atoms with van der Waals surface area (Å²) in [6.07, 6.45) is 0. The van der Waals surface area contributed by atoms with Crippen molar-refractivity contribution in [2.45, 2.75) is 13.5 Å². The van der Waals surface area contributed by atoms with Crippen LogP contribution in [0.2, 0.25) is 5.02 Å². The van der Waals surface area contributed by atoms with E-state index in [0.717, 1.165) is 11.1 Å². The van der Waals surface area contributed by atoms with Gasteiger partial charge in [-0.1, -0.05) is 57.8 Å². The molecular weight excluding hydrogens is 396 g/mol. The molecule has 0 aliphatic heterocycles. The van der Waals surface area contributed by atoms with Gasteiger partial charge in [-0.15, -0.1) is 0 Å². The number of ether oxygens (including phenoxy) is 2. The van der Waals surface area contributed by atoms with E-state index in [1.807, 2.05) is 31.2 Å². The summed E-state index contributed by atoms with van der Waals surface area (Å²) in [5.74, 6) is -0.654. The molecule has 0 spiro atoms. The summed E-state index contributed by atoms with van der Waals surface area (Å²) in [6, 6.07) is 12.9. The molecule has 0 aromatic heterocycles. The van der Waals surface area contributed by atoms with Crippen LogP contribution in [0.15, 0.2) is 52.8 Å². The van der Waals surface area contributed by atoms with Gasteiger partial charge in [-0.2, -0.15) is 0 Å². The molecule has 8 heteroatoms. The van der Waals surface area contributed by atoms with Crippen molar-refractivity contribution >= 4 is 29.0 Å². The number of carbonyl (C=O) groups excluding carboxylic acids is 1. The summed E-state index contributed by atoms with van der Waals surface area (Å²) < 4.78 is 10.0. The number of nitrogens with zero attached hydrogens (tertiary/aromatic N) is 2. The highest BCUT2D eigenvalue weighted by molar-refractivity contribution is 6.44. The lowest BCUT2D eigenvalue weighted by molar-refractivity contribution is -0.132. The smallest absolute Gasteiger partial charge is 0.360 e. The summed E-state index contributed by atoms with van der Waals surface area (Å²) in [4.78, 5) is 22.4. The van der Waals surface area contributed by atoms with Crippen molar-refractivity contribution in [2.24, 2.45) is 10.3 Å². The van der Waals surface area contributed by atoms with Gasteiger partial charge in [0.2, 0.25) is 0 Å². The van der Waals surface area contributed by atoms with E-state index in [2.05, 4.69) is 10.3 Å². The SMILES string of the molecule is COC/C(=N\OCc1c(Cl)cccc1/C(=N\OC)C(=O)OC)c1cccc(C)c1. The number of rotatable bonds is 9. The number of halogens is 1. The van der Waals surface area contributed by atoms with Crippen molar-refractivity contribution in [2.75, 3.05) is 27.9 Å². The number of benzene rings is 2. The van der Waals surface area contributed by atoms with Crippen molar-refractivity contribution < 1.29 is 23.9 Å². The fraction of sp³-hybridized carbons (Fsp3) is 0.286. The van der Waals surface area contributed by atoms with Crippen LogP contribution in [0, 0.1) is 6.92 Å². The van der Waals surface area contributed by atoms with Crippen molar-refractivity contribution in [3.63, 3.8) is 0 Å². The zero-order valence-electron chi connectivity index (χ0n) is 16.8. The fourth-order valence-corrected chi connectivity index (χ4v) is 2.84. The molecule has 0 unspecified atom stereocenters. The maximum atomic E-state index is 12.1. The lowest BCUT2D eigenvalue weighted by Gasteiger charge is -2.12. The zero-order chi connectivity index (χ0) is 21.2. The summed E-state index contributed by atoms with van der Waals surface area (Å²) in [7, 11) is 4.19. The van der Waals surface area contributed by atoms with E-state index < -0.39 is 5.97 Å². The van der Waals surface area contributed by atoms with Crippen LogP contribution in [0.3, 0.4) is 0 Å². The van der Waals surface area contributed by atoms with Crippen molar-refractivity contribution in [1.82, 2.24) is 0 Å². The molecule has 154 valence electrons. The van der Waals surface area contributed by atoms with Crippen LogP contribution in [0.5, 0.6) is 0 Å². The minimum atomic E-state index is -0.654. The number of oxime groups is 2. The van der Waals surface area contributed by atoms with Crippen molar-refractivity contribution in [3.05, 3.63) is 69.7 Å². The Kier molecular flexibility index (Phi) is 8.64. The molecule has 0 radical (unpaired) electrons. The molecule has 2 aromatic carbocycles. The highest BCUT2D eigenvalue weighted by Crippen LogP contribution is 2.23. The van der Waals surface area contributed by atoms with Crippen LogP contribution >= 0.6 is 11.6 Å². The lowest BCUT2D eigenvalue weighted by atomic mass is 10.0. The van der Waals surface area contributed by atoms with E-state index in [9.17, 15) is 4.79 Å². The molecule has 0 saturated carbocycles. The number of aryl methyl sites for hydroxylation is 1. The molecule has 29 heavy (non-hydrogen) atoms. The average Bonchev–Trinajstić information content (AvgIpc) is 2.72. The van der Waals surface area contributed by atoms with Gasteiger partial charge in [0, 0.05) is 28.8 Å². The minimum Gasteiger partial charge on any atom is -0.464 e. The molecule has 0 fully saturated rings. The van der Waals surface area contributed by atoms with Gasteiger partial charge in [-0.05, 0) is 19.1 Å². The van der Waals surface area contributed by atoms with E-state index in [-0.39, 0.29) is 18.9 Å². The fourth-order valence-electron chi connectivity index (χ4n) is 2.61. The van der Waals surface area contributed by atoms with Gasteiger partial charge in [-0.25, -0.2) is 4.79 Å². The summed E-state index contributed by atoms with van der Waals surface area (Å²) >= 11 is 6.33. The number of carbonyl (C=O) groups is 1. The zero-order valence-corrected chi connectivity index (χ0v) is 17.5. The Labute approximate surface area is 174 Å². The number of methoxy groups -OCH3 is 2. The molecule has 0 N–H and O–H groups in total. The van der Waals surface area contributed by atoms with E-state index in [1.54, 1.807) is 25.3 Å². The third-order valence-corrected chi connectivity index (χ3v) is 4.31. The summed E-state index contributed by atoms with van der Waals surface area (Å²) in [5.41, 5.74) is 3.56. The van der Waals surface area contributed by atoms with Crippen molar-refractivity contribution in [3.8, 4) is 0 Å². The Hall–Kier alpha value is -2.90. The van der Waals surface area contributed by atoms with E-state index in [4.69, 9.17) is 30.7 Å². The molecule has 0 bridgehead atoms. The number of hydrogen-bond acceptors (Lipinski definition) is 7. The van der Waals surface area contributed by atoms with Gasteiger partial charge >= 0.3 is 5.97 Å². The van der Waals surface area contributed by atoms with E-state index >= 15 is 0 Å². The number of hydrogen-bond donors (Lipinski definition) is 0. The molecule has 0 atom stereocenters. The Morgan fingerprint density at radius 1 is 1.07 bits per heavy atom. The van der Waals surface area contributed by atoms with Crippen LogP contribution < -0.4 is 0 Å². The third kappa shape index (κ3) is 6.04. The van der Waals surface area contributed by atoms with Crippen LogP contribution in [0.1, 0.15) is 22.3 Å². The molecule has 2 aromatic rings. The first kappa shape index (κ1) is 22.4. The van der Waals surface area contributed by atoms with Gasteiger partial charge in [0.25, 0.3) is 0 Å². The first-order chi connectivity index (χ1) is 14.0. The third-order valence-electron chi connectivity index (χ3n) is 3.95. The van der Waals surface area contributed by atoms with E-state index in [0.29, 0.717) is 21.9 Å². The van der Waals surface area contributed by atoms with E-state index in [1.165, 1.54) is 14.2 Å². The monoisotopic (exact) mass is 418 g/mol. The van der Waals surface area contributed by atoms with Crippen LogP contribution in [0.4, 0.5) is 0 Å². The molecule has 0 heterocycles. The molecule has 7 nitrogen and oxygen atoms in total. The highest BCUT2D eigenvalue weighted by atomic mass is 35.5. The Balaban J connectivity index is 2.33. The molecular formula is C21H23ClN2O5. The van der Waals surface area contributed by atoms with Crippen LogP contribution in [-0.2, 0) is 30.6 Å². The Morgan fingerprint density at radius 3 is 2.48 bits per heavy atom. The quantitative estimate of drug-likeness (QED) is 0.352. The van der Waals surface area contributed by atoms with Gasteiger partial charge in [-0.3, -0.25) is 0 Å². The molecule has 0 saturated heterocycles. The second-order valence-corrected chi connectivity index (χ2v) is 6.40. The first-order valence-electron chi connectivity index (χ1n) is 8.73. The normalized spacial score (nSPS) is 11.9. The van der Waals surface area contributed by atoms with Gasteiger partial charge in [0.1, 0.15) is 19.4 Å². The second kappa shape index (κ2) is 11.2. The Bertz CT molecular complexity index is 912. The standard InChI is InChI=1S/C21H23ClN2O5/c1-14-7-5-8-15(11-14)19(13-26-2)23-29-12-17-16(9-6-10-18(17)22)20(24-28-4)21(25)27-3/h5-11H,12-13H2,1-4H3/b23-19+,24-20+. The maximum Gasteiger partial charge on any atom is 0.360 e. The van der Waals surface area contributed by atoms with Gasteiger partial charge < -0.3 is 19.1 Å². The largest absolute Gasteiger partial charge is 0.464 e. The summed E-state index contributed by atoms with van der Waals surface area (Å²) in [5, 5.41) is 8.38. The average molecular weight is 419 g/mol. The lowest BCUT2D eigenvalue weighted by Crippen LogP contribution is -2.19. The van der Waals surface area contributed by atoms with Crippen LogP contribution in [0.25, 0.3) is 0 Å². The summed E-state index contributed by atoms with van der Waals surface area (Å²) in [6.45, 7) is 2.28. The maximum absolute atomic E-state index is 12.1.